The number of carbonyl (C=O) groups is 3. The van der Waals surface area contributed by atoms with E-state index in [1.165, 1.54) is 12.1 Å². The molecule has 0 atom stereocenters. The summed E-state index contributed by atoms with van der Waals surface area (Å²) in [6, 6.07) is 5.48. The van der Waals surface area contributed by atoms with Crippen molar-refractivity contribution >= 4 is 23.6 Å². The molecule has 0 unspecified atom stereocenters. The molecule has 1 aliphatic heterocycles. The van der Waals surface area contributed by atoms with E-state index in [0.29, 0.717) is 0 Å². The number of rotatable bonds is 4. The molecule has 1 saturated heterocycles. The number of carboxylic acid groups (broad SMARTS) is 1. The van der Waals surface area contributed by atoms with Gasteiger partial charge in [0.1, 0.15) is 0 Å². The van der Waals surface area contributed by atoms with E-state index < -0.39 is 12.0 Å². The standard InChI is InChI=1S/C14H17N3O4/c18-12(17-7-3-4-8-17)9-15-14(21)16-11-6-2-1-5-10(11)13(19)20/h1-2,5-6H,3-4,7-9H2,(H,19,20)(H2,15,16,21). The predicted molar refractivity (Wildman–Crippen MR) is 76.2 cm³/mol. The summed E-state index contributed by atoms with van der Waals surface area (Å²) in [5.74, 6) is -1.26. The molecular formula is C14H17N3O4. The molecule has 1 heterocycles. The Labute approximate surface area is 121 Å². The van der Waals surface area contributed by atoms with Crippen LogP contribution in [0.3, 0.4) is 0 Å². The van der Waals surface area contributed by atoms with Crippen LogP contribution in [0.2, 0.25) is 0 Å². The van der Waals surface area contributed by atoms with Gasteiger partial charge in [0.05, 0.1) is 17.8 Å². The van der Waals surface area contributed by atoms with Crippen LogP contribution in [0.4, 0.5) is 10.5 Å². The second-order valence-corrected chi connectivity index (χ2v) is 4.75. The maximum atomic E-state index is 11.8. The summed E-state index contributed by atoms with van der Waals surface area (Å²) in [6.07, 6.45) is 1.98. The van der Waals surface area contributed by atoms with Crippen LogP contribution in [0.15, 0.2) is 24.3 Å². The zero-order chi connectivity index (χ0) is 15.2. The molecule has 3 N–H and O–H groups in total. The first-order chi connectivity index (χ1) is 10.1. The number of carboxylic acids is 1. The summed E-state index contributed by atoms with van der Waals surface area (Å²) in [5, 5.41) is 13.9. The van der Waals surface area contributed by atoms with Gasteiger partial charge in [-0.05, 0) is 25.0 Å². The Morgan fingerprint density at radius 1 is 1.14 bits per heavy atom. The highest BCUT2D eigenvalue weighted by molar-refractivity contribution is 6.00. The lowest BCUT2D eigenvalue weighted by Crippen LogP contribution is -2.40. The molecule has 21 heavy (non-hydrogen) atoms. The summed E-state index contributed by atoms with van der Waals surface area (Å²) in [6.45, 7) is 1.36. The molecule has 1 fully saturated rings. The maximum absolute atomic E-state index is 11.8. The van der Waals surface area contributed by atoms with Crippen molar-refractivity contribution in [3.63, 3.8) is 0 Å². The van der Waals surface area contributed by atoms with Crippen molar-refractivity contribution in [2.24, 2.45) is 0 Å². The van der Waals surface area contributed by atoms with E-state index >= 15 is 0 Å². The molecule has 3 amide bonds. The quantitative estimate of drug-likeness (QED) is 0.774. The third kappa shape index (κ3) is 3.95. The Morgan fingerprint density at radius 2 is 1.81 bits per heavy atom. The van der Waals surface area contributed by atoms with Gasteiger partial charge in [-0.3, -0.25) is 4.79 Å². The fraction of sp³-hybridized carbons (Fsp3) is 0.357. The molecule has 0 spiro atoms. The number of para-hydroxylation sites is 1. The van der Waals surface area contributed by atoms with E-state index in [1.807, 2.05) is 0 Å². The Kier molecular flexibility index (Phi) is 4.76. The van der Waals surface area contributed by atoms with Gasteiger partial charge in [0.2, 0.25) is 5.91 Å². The average molecular weight is 291 g/mol. The lowest BCUT2D eigenvalue weighted by molar-refractivity contribution is -0.128. The zero-order valence-electron chi connectivity index (χ0n) is 11.5. The third-order valence-corrected chi connectivity index (χ3v) is 3.26. The van der Waals surface area contributed by atoms with E-state index in [2.05, 4.69) is 10.6 Å². The number of nitrogens with zero attached hydrogens (tertiary/aromatic N) is 1. The van der Waals surface area contributed by atoms with Crippen LogP contribution < -0.4 is 10.6 Å². The lowest BCUT2D eigenvalue weighted by atomic mass is 10.2. The molecule has 7 heteroatoms. The number of hydrogen-bond acceptors (Lipinski definition) is 3. The minimum atomic E-state index is -1.13. The van der Waals surface area contributed by atoms with Crippen LogP contribution in [0.25, 0.3) is 0 Å². The van der Waals surface area contributed by atoms with Crippen LogP contribution >= 0.6 is 0 Å². The van der Waals surface area contributed by atoms with Gasteiger partial charge in [-0.2, -0.15) is 0 Å². The first-order valence-electron chi connectivity index (χ1n) is 6.73. The Bertz CT molecular complexity index is 553. The lowest BCUT2D eigenvalue weighted by Gasteiger charge is -2.16. The van der Waals surface area contributed by atoms with Gasteiger partial charge in [-0.1, -0.05) is 12.1 Å². The van der Waals surface area contributed by atoms with Crippen LogP contribution in [-0.4, -0.2) is 47.5 Å². The van der Waals surface area contributed by atoms with Gasteiger partial charge in [-0.25, -0.2) is 9.59 Å². The largest absolute Gasteiger partial charge is 0.478 e. The molecular weight excluding hydrogens is 274 g/mol. The third-order valence-electron chi connectivity index (χ3n) is 3.26. The Balaban J connectivity index is 1.87. The number of benzene rings is 1. The zero-order valence-corrected chi connectivity index (χ0v) is 11.5. The number of anilines is 1. The van der Waals surface area contributed by atoms with Crippen molar-refractivity contribution < 1.29 is 19.5 Å². The molecule has 1 aromatic carbocycles. The maximum Gasteiger partial charge on any atom is 0.337 e. The number of nitrogens with one attached hydrogen (secondary N) is 2. The Hall–Kier alpha value is -2.57. The molecule has 0 aliphatic carbocycles. The smallest absolute Gasteiger partial charge is 0.337 e. The van der Waals surface area contributed by atoms with Crippen LogP contribution in [0, 0.1) is 0 Å². The molecule has 1 aromatic rings. The number of likely N-dealkylation sites (tertiary alicyclic amines) is 1. The minimum absolute atomic E-state index is 0.00137. The van der Waals surface area contributed by atoms with Crippen molar-refractivity contribution in [3.05, 3.63) is 29.8 Å². The normalized spacial score (nSPS) is 13.8. The number of aromatic carboxylic acids is 1. The molecule has 0 saturated carbocycles. The van der Waals surface area contributed by atoms with Gasteiger partial charge in [0.25, 0.3) is 0 Å². The van der Waals surface area contributed by atoms with Crippen LogP contribution in [0.1, 0.15) is 23.2 Å². The van der Waals surface area contributed by atoms with Gasteiger partial charge in [0.15, 0.2) is 0 Å². The van der Waals surface area contributed by atoms with E-state index in [1.54, 1.807) is 17.0 Å². The second kappa shape index (κ2) is 6.74. The highest BCUT2D eigenvalue weighted by atomic mass is 16.4. The van der Waals surface area contributed by atoms with E-state index in [-0.39, 0.29) is 23.7 Å². The van der Waals surface area contributed by atoms with Crippen LogP contribution in [-0.2, 0) is 4.79 Å². The molecule has 0 aromatic heterocycles. The molecule has 112 valence electrons. The predicted octanol–water partition coefficient (Wildman–Crippen LogP) is 1.13. The van der Waals surface area contributed by atoms with Gasteiger partial charge >= 0.3 is 12.0 Å². The van der Waals surface area contributed by atoms with Crippen molar-refractivity contribution in [1.82, 2.24) is 10.2 Å². The van der Waals surface area contributed by atoms with Crippen molar-refractivity contribution in [2.45, 2.75) is 12.8 Å². The highest BCUT2D eigenvalue weighted by Crippen LogP contribution is 2.14. The fourth-order valence-electron chi connectivity index (χ4n) is 2.18. The van der Waals surface area contributed by atoms with Gasteiger partial charge < -0.3 is 20.6 Å². The summed E-state index contributed by atoms with van der Waals surface area (Å²) in [5.41, 5.74) is 0.189. The van der Waals surface area contributed by atoms with E-state index in [0.717, 1.165) is 25.9 Å². The summed E-state index contributed by atoms with van der Waals surface area (Å²) in [4.78, 5) is 36.2. The van der Waals surface area contributed by atoms with Crippen molar-refractivity contribution in [3.8, 4) is 0 Å². The second-order valence-electron chi connectivity index (χ2n) is 4.75. The number of carbonyl (C=O) groups excluding carboxylic acids is 2. The Morgan fingerprint density at radius 3 is 2.48 bits per heavy atom. The molecule has 0 bridgehead atoms. The molecule has 7 nitrogen and oxygen atoms in total. The number of amides is 3. The molecule has 1 aliphatic rings. The van der Waals surface area contributed by atoms with Crippen LogP contribution in [0.5, 0.6) is 0 Å². The van der Waals surface area contributed by atoms with Crippen molar-refractivity contribution in [1.29, 1.82) is 0 Å². The molecule has 0 radical (unpaired) electrons. The minimum Gasteiger partial charge on any atom is -0.478 e. The van der Waals surface area contributed by atoms with Crippen molar-refractivity contribution in [2.75, 3.05) is 25.0 Å². The SMILES string of the molecule is O=C(NCC(=O)N1CCCC1)Nc1ccccc1C(=O)O. The molecule has 2 rings (SSSR count). The first-order valence-corrected chi connectivity index (χ1v) is 6.73. The summed E-state index contributed by atoms with van der Waals surface area (Å²) >= 11 is 0. The fourth-order valence-corrected chi connectivity index (χ4v) is 2.18. The summed E-state index contributed by atoms with van der Waals surface area (Å²) in [7, 11) is 0. The monoisotopic (exact) mass is 291 g/mol. The summed E-state index contributed by atoms with van der Waals surface area (Å²) < 4.78 is 0. The van der Waals surface area contributed by atoms with E-state index in [4.69, 9.17) is 5.11 Å². The topological polar surface area (TPSA) is 98.7 Å². The number of urea groups is 1. The van der Waals surface area contributed by atoms with Gasteiger partial charge in [0, 0.05) is 13.1 Å². The number of hydrogen-bond donors (Lipinski definition) is 3. The van der Waals surface area contributed by atoms with E-state index in [9.17, 15) is 14.4 Å². The highest BCUT2D eigenvalue weighted by Gasteiger charge is 2.18. The first kappa shape index (κ1) is 14.8. The van der Waals surface area contributed by atoms with Gasteiger partial charge in [-0.15, -0.1) is 0 Å². The average Bonchev–Trinajstić information content (AvgIpc) is 2.99.